The monoisotopic (exact) mass is 367 g/mol. The minimum atomic E-state index is -0.417. The van der Waals surface area contributed by atoms with Gasteiger partial charge < -0.3 is 14.4 Å². The van der Waals surface area contributed by atoms with Gasteiger partial charge in [0.2, 0.25) is 5.82 Å². The van der Waals surface area contributed by atoms with Crippen LogP contribution in [0.15, 0.2) is 40.9 Å². The lowest BCUT2D eigenvalue weighted by atomic mass is 10.0. The summed E-state index contributed by atoms with van der Waals surface area (Å²) in [6.45, 7) is 2.47. The summed E-state index contributed by atoms with van der Waals surface area (Å²) in [5.74, 6) is 1.60. The Bertz CT molecular complexity index is 954. The molecule has 0 aliphatic heterocycles. The number of rotatable bonds is 6. The van der Waals surface area contributed by atoms with Crippen LogP contribution in [-0.2, 0) is 11.3 Å². The van der Waals surface area contributed by atoms with Gasteiger partial charge in [-0.3, -0.25) is 10.3 Å². The number of aromatic nitrogens is 2. The molecule has 0 spiro atoms. The maximum Gasteiger partial charge on any atom is 0.258 e. The molecule has 7 nitrogen and oxygen atoms in total. The Morgan fingerprint density at radius 2 is 2.19 bits per heavy atom. The van der Waals surface area contributed by atoms with Gasteiger partial charge in [0, 0.05) is 11.1 Å². The predicted molar refractivity (Wildman–Crippen MR) is 100 cm³/mol. The molecule has 7 heteroatoms. The number of hydrogen-bond acceptors (Lipinski definition) is 7. The molecule has 1 heterocycles. The Balaban J connectivity index is 1.69. The standard InChI is InChI=1S/C20H21N3O4/c1-3-26-18-10-7-12(11-16(18)22-25-2)20-21-19(23-27-20)15-6-4-5-14-13(15)8-9-17(14)24/h4-7,10-11,17,22,24H,3,8-9H2,1-2H3/t17-/m1/s1. The molecule has 2 N–H and O–H groups in total. The van der Waals surface area contributed by atoms with Gasteiger partial charge in [0.05, 0.1) is 19.8 Å². The number of aliphatic hydroxyl groups is 1. The molecule has 1 atom stereocenters. The van der Waals surface area contributed by atoms with Crippen LogP contribution >= 0.6 is 0 Å². The van der Waals surface area contributed by atoms with Gasteiger partial charge in [-0.25, -0.2) is 0 Å². The Kier molecular flexibility index (Phi) is 4.79. The van der Waals surface area contributed by atoms with E-state index < -0.39 is 6.10 Å². The van der Waals surface area contributed by atoms with Crippen molar-refractivity contribution in [3.63, 3.8) is 0 Å². The second kappa shape index (κ2) is 7.38. The first-order chi connectivity index (χ1) is 13.2. The zero-order valence-corrected chi connectivity index (χ0v) is 15.2. The molecule has 3 aromatic rings. The van der Waals surface area contributed by atoms with Crippen molar-refractivity contribution in [2.45, 2.75) is 25.9 Å². The van der Waals surface area contributed by atoms with E-state index in [2.05, 4.69) is 15.6 Å². The van der Waals surface area contributed by atoms with Gasteiger partial charge >= 0.3 is 0 Å². The smallest absolute Gasteiger partial charge is 0.258 e. The molecule has 140 valence electrons. The highest BCUT2D eigenvalue weighted by Crippen LogP contribution is 2.37. The van der Waals surface area contributed by atoms with Crippen LogP contribution in [0.25, 0.3) is 22.8 Å². The molecular formula is C20H21N3O4. The van der Waals surface area contributed by atoms with Crippen LogP contribution in [-0.4, -0.2) is 29.0 Å². The zero-order valence-electron chi connectivity index (χ0n) is 15.2. The summed E-state index contributed by atoms with van der Waals surface area (Å²) >= 11 is 0. The van der Waals surface area contributed by atoms with E-state index in [1.165, 1.54) is 7.11 Å². The lowest BCUT2D eigenvalue weighted by Gasteiger charge is -2.11. The summed E-state index contributed by atoms with van der Waals surface area (Å²) in [4.78, 5) is 9.58. The number of nitrogens with zero attached hydrogens (tertiary/aromatic N) is 2. The molecule has 0 amide bonds. The van der Waals surface area contributed by atoms with Crippen molar-refractivity contribution in [1.82, 2.24) is 10.1 Å². The molecule has 0 unspecified atom stereocenters. The number of nitrogens with one attached hydrogen (secondary N) is 1. The van der Waals surface area contributed by atoms with E-state index in [9.17, 15) is 5.11 Å². The lowest BCUT2D eigenvalue weighted by molar-refractivity contribution is 0.180. The molecule has 1 aliphatic carbocycles. The molecule has 2 aromatic carbocycles. The average molecular weight is 367 g/mol. The van der Waals surface area contributed by atoms with Gasteiger partial charge in [-0.15, -0.1) is 0 Å². The molecule has 0 saturated heterocycles. The van der Waals surface area contributed by atoms with Crippen LogP contribution in [0, 0.1) is 0 Å². The fourth-order valence-electron chi connectivity index (χ4n) is 3.43. The van der Waals surface area contributed by atoms with Crippen molar-refractivity contribution in [2.24, 2.45) is 0 Å². The molecule has 1 aliphatic rings. The van der Waals surface area contributed by atoms with Gasteiger partial charge in [0.1, 0.15) is 11.4 Å². The third kappa shape index (κ3) is 3.27. The van der Waals surface area contributed by atoms with Crippen LogP contribution in [0.3, 0.4) is 0 Å². The van der Waals surface area contributed by atoms with Crippen molar-refractivity contribution < 1.29 is 19.2 Å². The summed E-state index contributed by atoms with van der Waals surface area (Å²) in [7, 11) is 1.54. The minimum absolute atomic E-state index is 0.406. The van der Waals surface area contributed by atoms with Crippen LogP contribution in [0.2, 0.25) is 0 Å². The Labute approximate surface area is 156 Å². The molecular weight excluding hydrogens is 346 g/mol. The first kappa shape index (κ1) is 17.5. The molecule has 0 bridgehead atoms. The topological polar surface area (TPSA) is 89.6 Å². The number of anilines is 1. The summed E-state index contributed by atoms with van der Waals surface area (Å²) in [5.41, 5.74) is 7.18. The van der Waals surface area contributed by atoms with Gasteiger partial charge in [-0.1, -0.05) is 23.4 Å². The normalized spacial score (nSPS) is 15.6. The first-order valence-corrected chi connectivity index (χ1v) is 8.91. The fourth-order valence-corrected chi connectivity index (χ4v) is 3.43. The lowest BCUT2D eigenvalue weighted by Crippen LogP contribution is -2.01. The van der Waals surface area contributed by atoms with Crippen molar-refractivity contribution >= 4 is 5.69 Å². The Hall–Kier alpha value is -2.90. The molecule has 0 radical (unpaired) electrons. The molecule has 0 fully saturated rings. The second-order valence-electron chi connectivity index (χ2n) is 6.30. The van der Waals surface area contributed by atoms with Gasteiger partial charge in [0.15, 0.2) is 0 Å². The van der Waals surface area contributed by atoms with E-state index in [1.807, 2.05) is 43.3 Å². The maximum atomic E-state index is 10.1. The molecule has 1 aromatic heterocycles. The number of aliphatic hydroxyl groups excluding tert-OH is 1. The average Bonchev–Trinajstić information content (AvgIpc) is 3.31. The summed E-state index contributed by atoms with van der Waals surface area (Å²) < 4.78 is 11.1. The third-order valence-corrected chi connectivity index (χ3v) is 4.64. The largest absolute Gasteiger partial charge is 0.492 e. The summed E-state index contributed by atoms with van der Waals surface area (Å²) in [6.07, 6.45) is 1.11. The van der Waals surface area contributed by atoms with Crippen LogP contribution in [0.5, 0.6) is 5.75 Å². The number of benzene rings is 2. The second-order valence-corrected chi connectivity index (χ2v) is 6.30. The Morgan fingerprint density at radius 3 is 3.00 bits per heavy atom. The van der Waals surface area contributed by atoms with E-state index in [4.69, 9.17) is 14.1 Å². The predicted octanol–water partition coefficient (Wildman–Crippen LogP) is 3.76. The Morgan fingerprint density at radius 1 is 1.30 bits per heavy atom. The van der Waals surface area contributed by atoms with Gasteiger partial charge in [0.25, 0.3) is 5.89 Å². The van der Waals surface area contributed by atoms with E-state index >= 15 is 0 Å². The van der Waals surface area contributed by atoms with E-state index in [0.29, 0.717) is 29.8 Å². The first-order valence-electron chi connectivity index (χ1n) is 8.91. The maximum absolute atomic E-state index is 10.1. The van der Waals surface area contributed by atoms with Crippen LogP contribution in [0.1, 0.15) is 30.6 Å². The highest BCUT2D eigenvalue weighted by Gasteiger charge is 2.25. The third-order valence-electron chi connectivity index (χ3n) is 4.64. The minimum Gasteiger partial charge on any atom is -0.492 e. The number of hydrogen-bond donors (Lipinski definition) is 2. The number of fused-ring (bicyclic) bond motifs is 1. The van der Waals surface area contributed by atoms with Crippen molar-refractivity contribution in [3.8, 4) is 28.6 Å². The van der Waals surface area contributed by atoms with Crippen LogP contribution < -0.4 is 10.2 Å². The van der Waals surface area contributed by atoms with E-state index in [1.54, 1.807) is 0 Å². The highest BCUT2D eigenvalue weighted by molar-refractivity contribution is 5.69. The van der Waals surface area contributed by atoms with Crippen molar-refractivity contribution in [2.75, 3.05) is 19.2 Å². The summed E-state index contributed by atoms with van der Waals surface area (Å²) in [5, 5.41) is 14.2. The fraction of sp³-hybridized carbons (Fsp3) is 0.300. The molecule has 27 heavy (non-hydrogen) atoms. The SMILES string of the molecule is CCOc1ccc(-c2nc(-c3cccc4c3CC[C@H]4O)no2)cc1NOC. The molecule has 0 saturated carbocycles. The van der Waals surface area contributed by atoms with Gasteiger partial charge in [-0.2, -0.15) is 4.98 Å². The van der Waals surface area contributed by atoms with Gasteiger partial charge in [-0.05, 0) is 49.1 Å². The van der Waals surface area contributed by atoms with E-state index in [-0.39, 0.29) is 0 Å². The quantitative estimate of drug-likeness (QED) is 0.641. The highest BCUT2D eigenvalue weighted by atomic mass is 16.6. The van der Waals surface area contributed by atoms with E-state index in [0.717, 1.165) is 35.1 Å². The summed E-state index contributed by atoms with van der Waals surface area (Å²) in [6, 6.07) is 11.4. The molecule has 4 rings (SSSR count). The zero-order chi connectivity index (χ0) is 18.8. The number of ether oxygens (including phenoxy) is 1. The van der Waals surface area contributed by atoms with Crippen molar-refractivity contribution in [3.05, 3.63) is 47.5 Å². The van der Waals surface area contributed by atoms with Crippen molar-refractivity contribution in [1.29, 1.82) is 0 Å². The van der Waals surface area contributed by atoms with Crippen LogP contribution in [0.4, 0.5) is 5.69 Å².